The predicted octanol–water partition coefficient (Wildman–Crippen LogP) is -1.34. The molecular formula is C18H19Cl2PTi. The molecule has 0 aliphatic heterocycles. The Hall–Kier alpha value is 0.0343. The molecule has 0 nitrogen and oxygen atoms in total. The van der Waals surface area contributed by atoms with Gasteiger partial charge in [0.2, 0.25) is 0 Å². The summed E-state index contributed by atoms with van der Waals surface area (Å²) in [4.78, 5) is 0. The summed E-state index contributed by atoms with van der Waals surface area (Å²) in [7, 11) is 0.985. The van der Waals surface area contributed by atoms with Crippen LogP contribution in [0.4, 0.5) is 0 Å². The second-order valence-electron chi connectivity index (χ2n) is 6.08. The molecule has 0 N–H and O–H groups in total. The molecule has 0 radical (unpaired) electrons. The smallest absolute Gasteiger partial charge is 1.00 e. The Morgan fingerprint density at radius 2 is 1.77 bits per heavy atom. The molecule has 4 rings (SSSR count). The van der Waals surface area contributed by atoms with E-state index < -0.39 is 0 Å². The molecule has 0 spiro atoms. The molecule has 114 valence electrons. The van der Waals surface area contributed by atoms with Gasteiger partial charge in [-0.25, -0.2) is 0 Å². The summed E-state index contributed by atoms with van der Waals surface area (Å²) in [5.74, 6) is 0.797. The summed E-state index contributed by atoms with van der Waals surface area (Å²) in [5.41, 5.74) is 8.24. The van der Waals surface area contributed by atoms with Gasteiger partial charge in [0.15, 0.2) is 0 Å². The average Bonchev–Trinajstić information content (AvgIpc) is 2.77. The van der Waals surface area contributed by atoms with Crippen molar-refractivity contribution < 1.29 is 44.0 Å². The molecule has 2 aliphatic carbocycles. The predicted molar refractivity (Wildman–Crippen MR) is 85.1 cm³/mol. The average molecular weight is 385 g/mol. The van der Waals surface area contributed by atoms with Crippen LogP contribution in [0, 0.1) is 20.8 Å². The third-order valence-electron chi connectivity index (χ3n) is 5.11. The summed E-state index contributed by atoms with van der Waals surface area (Å²) < 4.78 is 3.60. The quantitative estimate of drug-likeness (QED) is 0.562. The molecule has 1 fully saturated rings. The van der Waals surface area contributed by atoms with Gasteiger partial charge in [-0.05, 0) is 0 Å². The SMILES string of the molecule is Cc1[pH][c]([Ti+2][C]2=C3CCC3c3ccccc32)c(C)c1C.[Cl-].[Cl-]. The first kappa shape index (κ1) is 18.4. The van der Waals surface area contributed by atoms with E-state index in [4.69, 9.17) is 0 Å². The number of halogens is 2. The van der Waals surface area contributed by atoms with E-state index in [0.29, 0.717) is 0 Å². The zero-order chi connectivity index (χ0) is 13.9. The van der Waals surface area contributed by atoms with E-state index in [2.05, 4.69) is 45.0 Å². The summed E-state index contributed by atoms with van der Waals surface area (Å²) in [5, 5.41) is 1.63. The molecule has 0 bridgehead atoms. The Morgan fingerprint density at radius 3 is 2.36 bits per heavy atom. The molecule has 2 atom stereocenters. The van der Waals surface area contributed by atoms with Crippen molar-refractivity contribution in [3.63, 3.8) is 0 Å². The maximum absolute atomic E-state index is 2.38. The van der Waals surface area contributed by atoms with E-state index in [1.807, 2.05) is 3.60 Å². The Kier molecular flexibility index (Phi) is 5.74. The van der Waals surface area contributed by atoms with Crippen molar-refractivity contribution in [3.8, 4) is 0 Å². The van der Waals surface area contributed by atoms with E-state index in [1.54, 1.807) is 37.0 Å². The van der Waals surface area contributed by atoms with Gasteiger partial charge in [-0.15, -0.1) is 0 Å². The van der Waals surface area contributed by atoms with Gasteiger partial charge in [0.05, 0.1) is 0 Å². The van der Waals surface area contributed by atoms with Gasteiger partial charge in [-0.1, -0.05) is 0 Å². The Labute approximate surface area is 156 Å². The number of fused-ring (bicyclic) bond motifs is 3. The van der Waals surface area contributed by atoms with Gasteiger partial charge in [0, 0.05) is 0 Å². The van der Waals surface area contributed by atoms with Crippen molar-refractivity contribution in [2.75, 3.05) is 0 Å². The van der Waals surface area contributed by atoms with Crippen LogP contribution in [0.25, 0.3) is 3.88 Å². The van der Waals surface area contributed by atoms with Gasteiger partial charge in [0.1, 0.15) is 0 Å². The first-order valence-corrected chi connectivity index (χ1v) is 9.98. The molecular weight excluding hydrogens is 366 g/mol. The van der Waals surface area contributed by atoms with Crippen LogP contribution in [0.3, 0.4) is 0 Å². The Bertz CT molecular complexity index is 746. The molecule has 1 aromatic carbocycles. The van der Waals surface area contributed by atoms with E-state index in [9.17, 15) is 0 Å². The van der Waals surface area contributed by atoms with Crippen LogP contribution in [0.1, 0.15) is 46.3 Å². The molecule has 2 aromatic rings. The topological polar surface area (TPSA) is 0 Å². The third-order valence-corrected chi connectivity index (χ3v) is 9.88. The summed E-state index contributed by atoms with van der Waals surface area (Å²) in [6.45, 7) is 6.98. The molecule has 1 aromatic heterocycles. The molecule has 0 amide bonds. The summed E-state index contributed by atoms with van der Waals surface area (Å²) >= 11 is -0.109. The number of rotatable bonds is 2. The zero-order valence-electron chi connectivity index (χ0n) is 13.1. The second-order valence-corrected chi connectivity index (χ2v) is 10.3. The number of benzene rings is 1. The number of hydrogen-bond acceptors (Lipinski definition) is 0. The van der Waals surface area contributed by atoms with E-state index in [-0.39, 0.29) is 44.0 Å². The van der Waals surface area contributed by atoms with Gasteiger partial charge in [-0.2, -0.15) is 0 Å². The molecule has 1 saturated carbocycles. The van der Waals surface area contributed by atoms with Crippen LogP contribution >= 0.6 is 8.19 Å². The second kappa shape index (κ2) is 6.88. The molecule has 22 heavy (non-hydrogen) atoms. The van der Waals surface area contributed by atoms with Crippen molar-refractivity contribution in [1.82, 2.24) is 0 Å². The zero-order valence-corrected chi connectivity index (χ0v) is 17.1. The van der Waals surface area contributed by atoms with Crippen LogP contribution in [0.2, 0.25) is 0 Å². The molecule has 0 saturated heterocycles. The first-order chi connectivity index (χ1) is 9.66. The monoisotopic (exact) mass is 384 g/mol. The van der Waals surface area contributed by atoms with Gasteiger partial charge in [-0.3, -0.25) is 0 Å². The summed E-state index contributed by atoms with van der Waals surface area (Å²) in [6, 6.07) is 9.18. The standard InChI is InChI=1S/C11H9.C7H10P.2ClH.Ti/c1-2-4-10-8(3-1)7-9-5-6-11(9)10;1-5-4-8-7(3)6(5)2;;;/h1-4,11H,5-6H2;8H,1-3H3;2*1H;/q;;;;+2/p-2. The normalized spacial score (nSPS) is 18.0. The Balaban J connectivity index is 0.000000882. The third kappa shape index (κ3) is 2.68. The number of allylic oxidation sites excluding steroid dienone is 1. The van der Waals surface area contributed by atoms with Crippen molar-refractivity contribution in [2.45, 2.75) is 39.5 Å². The largest absolute Gasteiger partial charge is 1.00 e. The fourth-order valence-corrected chi connectivity index (χ4v) is 8.65. The maximum Gasteiger partial charge on any atom is -1.00 e. The van der Waals surface area contributed by atoms with E-state index >= 15 is 0 Å². The Morgan fingerprint density at radius 1 is 1.05 bits per heavy atom. The van der Waals surface area contributed by atoms with Crippen molar-refractivity contribution in [2.24, 2.45) is 0 Å². The van der Waals surface area contributed by atoms with Crippen molar-refractivity contribution in [1.29, 1.82) is 0 Å². The maximum atomic E-state index is 2.38. The van der Waals surface area contributed by atoms with Crippen molar-refractivity contribution >= 4 is 15.7 Å². The fraction of sp³-hybridized carbons (Fsp3) is 0.333. The van der Waals surface area contributed by atoms with Crippen LogP contribution < -0.4 is 28.4 Å². The number of aryl methyl sites for hydroxylation is 1. The molecule has 2 aliphatic rings. The minimum Gasteiger partial charge on any atom is -1.00 e. The van der Waals surface area contributed by atoms with Gasteiger partial charge < -0.3 is 24.8 Å². The van der Waals surface area contributed by atoms with Crippen LogP contribution in [0.15, 0.2) is 29.8 Å². The number of hydrogen-bond donors (Lipinski definition) is 0. The minimum atomic E-state index is -0.109. The van der Waals surface area contributed by atoms with Gasteiger partial charge >= 0.3 is 132 Å². The molecule has 4 heteroatoms. The van der Waals surface area contributed by atoms with E-state index in [0.717, 1.165) is 14.1 Å². The molecule has 1 heterocycles. The van der Waals surface area contributed by atoms with E-state index in [1.165, 1.54) is 12.8 Å². The minimum absolute atomic E-state index is 0. The fourth-order valence-electron chi connectivity index (χ4n) is 3.52. The van der Waals surface area contributed by atoms with Crippen LogP contribution in [0.5, 0.6) is 0 Å². The van der Waals surface area contributed by atoms with Crippen LogP contribution in [-0.4, -0.2) is 0 Å². The first-order valence-electron chi connectivity index (χ1n) is 7.42. The van der Waals surface area contributed by atoms with Crippen molar-refractivity contribution in [3.05, 3.63) is 57.4 Å². The summed E-state index contributed by atoms with van der Waals surface area (Å²) in [6.07, 6.45) is 2.75. The van der Waals surface area contributed by atoms with Gasteiger partial charge in [0.25, 0.3) is 0 Å². The molecule has 2 unspecified atom stereocenters. The van der Waals surface area contributed by atoms with Crippen LogP contribution in [-0.2, 0) is 19.2 Å².